The number of nitrogens with two attached hydrogens (primary N) is 1. The highest BCUT2D eigenvalue weighted by Crippen LogP contribution is 2.30. The van der Waals surface area contributed by atoms with Crippen LogP contribution in [0.1, 0.15) is 15.9 Å². The van der Waals surface area contributed by atoms with Gasteiger partial charge in [-0.15, -0.1) is 0 Å². The third-order valence-electron chi connectivity index (χ3n) is 6.31. The zero-order valence-corrected chi connectivity index (χ0v) is 21.8. The van der Waals surface area contributed by atoms with Gasteiger partial charge in [0.25, 0.3) is 5.91 Å². The third kappa shape index (κ3) is 5.06. The van der Waals surface area contributed by atoms with Gasteiger partial charge in [0.1, 0.15) is 30.1 Å². The van der Waals surface area contributed by atoms with Gasteiger partial charge in [0.05, 0.1) is 23.4 Å². The SMILES string of the molecule is COc1ccc(CC(NC(=O)c2cccnc2-n2ccc(-c3cccc(F)c3Cl)n2)C2(C(N)=O)OC=CO2)cc1. The van der Waals surface area contributed by atoms with Gasteiger partial charge in [-0.1, -0.05) is 35.9 Å². The maximum absolute atomic E-state index is 14.0. The highest BCUT2D eigenvalue weighted by Gasteiger charge is 2.51. The van der Waals surface area contributed by atoms with E-state index < -0.39 is 29.5 Å². The molecule has 0 bridgehead atoms. The molecule has 2 aromatic carbocycles. The lowest BCUT2D eigenvalue weighted by molar-refractivity contribution is -0.182. The smallest absolute Gasteiger partial charge is 0.352 e. The zero-order chi connectivity index (χ0) is 28.3. The van der Waals surface area contributed by atoms with Crippen molar-refractivity contribution in [1.82, 2.24) is 20.1 Å². The summed E-state index contributed by atoms with van der Waals surface area (Å²) in [5, 5.41) is 7.21. The van der Waals surface area contributed by atoms with Crippen molar-refractivity contribution < 1.29 is 28.2 Å². The van der Waals surface area contributed by atoms with Crippen molar-refractivity contribution in [1.29, 1.82) is 0 Å². The maximum atomic E-state index is 14.0. The van der Waals surface area contributed by atoms with Gasteiger partial charge in [-0.2, -0.15) is 5.10 Å². The molecule has 3 N–H and O–H groups in total. The second kappa shape index (κ2) is 11.1. The average molecular weight is 564 g/mol. The van der Waals surface area contributed by atoms with Crippen molar-refractivity contribution in [2.45, 2.75) is 18.2 Å². The van der Waals surface area contributed by atoms with E-state index in [0.29, 0.717) is 17.0 Å². The Morgan fingerprint density at radius 2 is 1.88 bits per heavy atom. The predicted octanol–water partition coefficient (Wildman–Crippen LogP) is 3.78. The van der Waals surface area contributed by atoms with Crippen LogP contribution in [-0.4, -0.2) is 45.5 Å². The van der Waals surface area contributed by atoms with Crippen LogP contribution in [0.15, 0.2) is 85.6 Å². The molecule has 10 nitrogen and oxygen atoms in total. The first-order chi connectivity index (χ1) is 19.3. The highest BCUT2D eigenvalue weighted by atomic mass is 35.5. The lowest BCUT2D eigenvalue weighted by atomic mass is 9.97. The lowest BCUT2D eigenvalue weighted by Gasteiger charge is -2.33. The van der Waals surface area contributed by atoms with Crippen molar-refractivity contribution in [3.05, 3.63) is 108 Å². The number of methoxy groups -OCH3 is 1. The van der Waals surface area contributed by atoms with Crippen LogP contribution in [-0.2, 0) is 20.7 Å². The summed E-state index contributed by atoms with van der Waals surface area (Å²) in [5.41, 5.74) is 7.33. The fourth-order valence-corrected chi connectivity index (χ4v) is 4.52. The van der Waals surface area contributed by atoms with E-state index in [-0.39, 0.29) is 22.8 Å². The van der Waals surface area contributed by atoms with E-state index in [1.807, 2.05) is 0 Å². The van der Waals surface area contributed by atoms with Gasteiger partial charge in [-0.05, 0) is 42.0 Å². The Labute approximate surface area is 233 Å². The molecule has 40 heavy (non-hydrogen) atoms. The summed E-state index contributed by atoms with van der Waals surface area (Å²) in [6.45, 7) is 0. The van der Waals surface area contributed by atoms with Crippen LogP contribution in [0.4, 0.5) is 4.39 Å². The number of carbonyl (C=O) groups is 2. The van der Waals surface area contributed by atoms with Crippen molar-refractivity contribution in [2.75, 3.05) is 7.11 Å². The number of nitrogens with one attached hydrogen (secondary N) is 1. The molecule has 0 fully saturated rings. The summed E-state index contributed by atoms with van der Waals surface area (Å²) < 4.78 is 31.6. The normalized spacial score (nSPS) is 14.2. The number of nitrogens with zero attached hydrogens (tertiary/aromatic N) is 3. The molecular weight excluding hydrogens is 541 g/mol. The predicted molar refractivity (Wildman–Crippen MR) is 143 cm³/mol. The molecule has 1 aliphatic rings. The van der Waals surface area contributed by atoms with Crippen LogP contribution in [0.3, 0.4) is 0 Å². The number of hydrogen-bond donors (Lipinski definition) is 2. The van der Waals surface area contributed by atoms with E-state index in [1.54, 1.807) is 61.8 Å². The van der Waals surface area contributed by atoms with E-state index in [4.69, 9.17) is 31.5 Å². The Bertz CT molecular complexity index is 1580. The quantitative estimate of drug-likeness (QED) is 0.317. The number of halogens is 2. The molecule has 204 valence electrons. The topological polar surface area (TPSA) is 131 Å². The Morgan fingerprint density at radius 1 is 1.12 bits per heavy atom. The second-order valence-electron chi connectivity index (χ2n) is 8.74. The van der Waals surface area contributed by atoms with Crippen LogP contribution in [0, 0.1) is 5.82 Å². The molecule has 3 heterocycles. The van der Waals surface area contributed by atoms with Gasteiger partial charge in [0.15, 0.2) is 5.82 Å². The van der Waals surface area contributed by atoms with Gasteiger partial charge in [-0.3, -0.25) is 9.59 Å². The number of primary amides is 1. The molecule has 4 aromatic rings. The summed E-state index contributed by atoms with van der Waals surface area (Å²) in [6.07, 6.45) is 5.57. The first kappa shape index (κ1) is 26.7. The van der Waals surface area contributed by atoms with Crippen LogP contribution < -0.4 is 15.8 Å². The number of ether oxygens (including phenoxy) is 3. The minimum absolute atomic E-state index is 0.0740. The van der Waals surface area contributed by atoms with Crippen LogP contribution >= 0.6 is 11.6 Å². The highest BCUT2D eigenvalue weighted by molar-refractivity contribution is 6.33. The van der Waals surface area contributed by atoms with Crippen molar-refractivity contribution >= 4 is 23.4 Å². The summed E-state index contributed by atoms with van der Waals surface area (Å²) in [4.78, 5) is 30.5. The Kier molecular flexibility index (Phi) is 7.39. The lowest BCUT2D eigenvalue weighted by Crippen LogP contribution is -2.61. The fourth-order valence-electron chi connectivity index (χ4n) is 4.30. The van der Waals surface area contributed by atoms with E-state index >= 15 is 0 Å². The van der Waals surface area contributed by atoms with Crippen molar-refractivity contribution in [3.8, 4) is 22.8 Å². The Balaban J connectivity index is 1.47. The number of hydrogen-bond acceptors (Lipinski definition) is 7. The third-order valence-corrected chi connectivity index (χ3v) is 6.70. The molecule has 0 aliphatic carbocycles. The van der Waals surface area contributed by atoms with Gasteiger partial charge in [0.2, 0.25) is 0 Å². The molecule has 2 amide bonds. The monoisotopic (exact) mass is 563 g/mol. The molecule has 0 saturated heterocycles. The number of aromatic nitrogens is 3. The number of benzene rings is 2. The van der Waals surface area contributed by atoms with Crippen molar-refractivity contribution in [2.24, 2.45) is 5.73 Å². The second-order valence-corrected chi connectivity index (χ2v) is 9.12. The largest absolute Gasteiger partial charge is 0.497 e. The molecule has 5 rings (SSSR count). The number of rotatable bonds is 9. The minimum atomic E-state index is -1.98. The van der Waals surface area contributed by atoms with Crippen LogP contribution in [0.25, 0.3) is 17.1 Å². The zero-order valence-electron chi connectivity index (χ0n) is 21.1. The number of pyridine rings is 1. The molecule has 0 saturated carbocycles. The van der Waals surface area contributed by atoms with Gasteiger partial charge < -0.3 is 25.3 Å². The molecule has 1 aliphatic heterocycles. The number of amides is 2. The summed E-state index contributed by atoms with van der Waals surface area (Å²) >= 11 is 6.13. The first-order valence-corrected chi connectivity index (χ1v) is 12.4. The maximum Gasteiger partial charge on any atom is 0.352 e. The van der Waals surface area contributed by atoms with Gasteiger partial charge >= 0.3 is 11.7 Å². The molecule has 0 radical (unpaired) electrons. The standard InChI is InChI=1S/C28H23ClFN5O5/c1-38-18-9-7-17(8-10-18)16-23(28(27(31)37)39-14-15-40-28)33-26(36)20-5-3-12-32-25(20)35-13-11-22(34-35)19-4-2-6-21(30)24(19)29/h2-15,23H,16H2,1H3,(H2,31,37)(H,33,36). The average Bonchev–Trinajstić information content (AvgIpc) is 3.66. The van der Waals surface area contributed by atoms with E-state index in [1.165, 1.54) is 35.5 Å². The molecule has 12 heteroatoms. The van der Waals surface area contributed by atoms with E-state index in [2.05, 4.69) is 15.4 Å². The van der Waals surface area contributed by atoms with E-state index in [9.17, 15) is 14.0 Å². The summed E-state index contributed by atoms with van der Waals surface area (Å²) in [7, 11) is 1.55. The van der Waals surface area contributed by atoms with Crippen LogP contribution in [0.2, 0.25) is 5.02 Å². The molecular formula is C28H23ClFN5O5. The Hall–Kier alpha value is -4.90. The number of carbonyl (C=O) groups excluding carboxylic acids is 2. The van der Waals surface area contributed by atoms with Gasteiger partial charge in [-0.25, -0.2) is 14.1 Å². The van der Waals surface area contributed by atoms with Crippen molar-refractivity contribution in [3.63, 3.8) is 0 Å². The minimum Gasteiger partial charge on any atom is -0.497 e. The summed E-state index contributed by atoms with van der Waals surface area (Å²) in [5.74, 6) is -3.26. The first-order valence-electron chi connectivity index (χ1n) is 12.0. The molecule has 1 unspecified atom stereocenters. The Morgan fingerprint density at radius 3 is 2.58 bits per heavy atom. The molecule has 1 atom stereocenters. The molecule has 2 aromatic heterocycles. The van der Waals surface area contributed by atoms with E-state index in [0.717, 1.165) is 5.56 Å². The van der Waals surface area contributed by atoms with Crippen LogP contribution in [0.5, 0.6) is 5.75 Å². The fraction of sp³-hybridized carbons (Fsp3) is 0.143. The van der Waals surface area contributed by atoms with Gasteiger partial charge in [0, 0.05) is 24.4 Å². The summed E-state index contributed by atoms with van der Waals surface area (Å²) in [6, 6.07) is 15.2. The molecule has 0 spiro atoms.